The molecule has 88 valence electrons. The van der Waals surface area contributed by atoms with E-state index >= 15 is 0 Å². The molecule has 0 atom stereocenters. The van der Waals surface area contributed by atoms with E-state index in [4.69, 9.17) is 20.6 Å². The van der Waals surface area contributed by atoms with Gasteiger partial charge in [0.2, 0.25) is 0 Å². The molecule has 5 nitrogen and oxygen atoms in total. The summed E-state index contributed by atoms with van der Waals surface area (Å²) in [5, 5.41) is 40.5. The molecule has 0 saturated heterocycles. The Kier molecular flexibility index (Phi) is 4.86. The molecule has 1 aromatic heterocycles. The highest BCUT2D eigenvalue weighted by atomic mass is 32.1. The molecular weight excluding hydrogens is 228 g/mol. The summed E-state index contributed by atoms with van der Waals surface area (Å²) in [4.78, 5) is 0.913. The van der Waals surface area contributed by atoms with E-state index in [-0.39, 0.29) is 19.8 Å². The first-order valence-corrected chi connectivity index (χ1v) is 5.63. The van der Waals surface area contributed by atoms with Gasteiger partial charge in [-0.2, -0.15) is 5.26 Å². The van der Waals surface area contributed by atoms with Crippen LogP contribution in [-0.4, -0.2) is 40.7 Å². The van der Waals surface area contributed by atoms with Crippen LogP contribution >= 0.6 is 11.3 Å². The lowest BCUT2D eigenvalue weighted by Crippen LogP contribution is -2.54. The van der Waals surface area contributed by atoms with E-state index in [9.17, 15) is 0 Å². The smallest absolute Gasteiger partial charge is 0.100 e. The Morgan fingerprint density at radius 3 is 2.38 bits per heavy atom. The molecule has 6 heteroatoms. The van der Waals surface area contributed by atoms with Gasteiger partial charge in [0, 0.05) is 16.8 Å². The van der Waals surface area contributed by atoms with Gasteiger partial charge in [-0.05, 0) is 6.07 Å². The quantitative estimate of drug-likeness (QED) is 0.535. The topological polar surface area (TPSA) is 96.5 Å². The third-order valence-corrected chi connectivity index (χ3v) is 3.27. The first-order valence-electron chi connectivity index (χ1n) is 4.75. The molecule has 0 saturated carbocycles. The third-order valence-electron chi connectivity index (χ3n) is 2.33. The van der Waals surface area contributed by atoms with Crippen LogP contribution in [0, 0.1) is 11.3 Å². The molecule has 0 aliphatic rings. The molecule has 0 aliphatic carbocycles. The second-order valence-corrected chi connectivity index (χ2v) is 4.52. The Balaban J connectivity index is 2.59. The van der Waals surface area contributed by atoms with Crippen LogP contribution in [-0.2, 0) is 6.54 Å². The molecule has 0 fully saturated rings. The summed E-state index contributed by atoms with van der Waals surface area (Å²) in [6.07, 6.45) is 0. The van der Waals surface area contributed by atoms with E-state index in [0.29, 0.717) is 12.1 Å². The van der Waals surface area contributed by atoms with Gasteiger partial charge in [0.05, 0.1) is 30.9 Å². The first-order chi connectivity index (χ1) is 7.69. The van der Waals surface area contributed by atoms with E-state index in [1.54, 1.807) is 11.4 Å². The normalized spacial score (nSPS) is 11.4. The first kappa shape index (κ1) is 13.1. The summed E-state index contributed by atoms with van der Waals surface area (Å²) in [7, 11) is 0. The Bertz CT molecular complexity index is 360. The van der Waals surface area contributed by atoms with Crippen molar-refractivity contribution in [1.82, 2.24) is 5.32 Å². The fraction of sp³-hybridized carbons (Fsp3) is 0.500. The molecule has 1 aromatic rings. The van der Waals surface area contributed by atoms with Crippen molar-refractivity contribution in [2.45, 2.75) is 12.1 Å². The van der Waals surface area contributed by atoms with Crippen LogP contribution in [0.15, 0.2) is 11.4 Å². The number of hydrogen-bond donors (Lipinski definition) is 4. The van der Waals surface area contributed by atoms with Crippen LogP contribution in [0.25, 0.3) is 0 Å². The van der Waals surface area contributed by atoms with Gasteiger partial charge >= 0.3 is 0 Å². The van der Waals surface area contributed by atoms with Crippen molar-refractivity contribution >= 4 is 11.3 Å². The second-order valence-electron chi connectivity index (χ2n) is 3.52. The predicted octanol–water partition coefficient (Wildman–Crippen LogP) is -0.575. The van der Waals surface area contributed by atoms with E-state index in [0.717, 1.165) is 4.88 Å². The van der Waals surface area contributed by atoms with Crippen molar-refractivity contribution in [3.63, 3.8) is 0 Å². The molecule has 1 heterocycles. The Labute approximate surface area is 97.6 Å². The minimum atomic E-state index is -1.07. The van der Waals surface area contributed by atoms with Crippen LogP contribution < -0.4 is 5.32 Å². The highest BCUT2D eigenvalue weighted by molar-refractivity contribution is 7.10. The highest BCUT2D eigenvalue weighted by Gasteiger charge is 2.27. The zero-order valence-corrected chi connectivity index (χ0v) is 9.50. The Morgan fingerprint density at radius 1 is 1.31 bits per heavy atom. The lowest BCUT2D eigenvalue weighted by atomic mass is 10.0. The maximum atomic E-state index is 9.07. The van der Waals surface area contributed by atoms with Crippen molar-refractivity contribution in [2.75, 3.05) is 19.8 Å². The van der Waals surface area contributed by atoms with Crippen LogP contribution in [0.2, 0.25) is 0 Å². The number of nitrogens with one attached hydrogen (secondary N) is 1. The SMILES string of the molecule is N#Cc1csc(CNC(CO)(CO)CO)c1. The number of rotatable bonds is 6. The third kappa shape index (κ3) is 3.01. The molecule has 0 aliphatic heterocycles. The van der Waals surface area contributed by atoms with Crippen LogP contribution in [0.5, 0.6) is 0 Å². The summed E-state index contributed by atoms with van der Waals surface area (Å²) in [5.74, 6) is 0. The fourth-order valence-electron chi connectivity index (χ4n) is 1.12. The molecule has 0 aromatic carbocycles. The predicted molar refractivity (Wildman–Crippen MR) is 59.9 cm³/mol. The largest absolute Gasteiger partial charge is 0.394 e. The van der Waals surface area contributed by atoms with Crippen molar-refractivity contribution in [3.05, 3.63) is 21.9 Å². The van der Waals surface area contributed by atoms with Crippen LogP contribution in [0.3, 0.4) is 0 Å². The van der Waals surface area contributed by atoms with Gasteiger partial charge in [-0.3, -0.25) is 0 Å². The number of aliphatic hydroxyl groups is 3. The minimum Gasteiger partial charge on any atom is -0.394 e. The number of nitrogens with zero attached hydrogens (tertiary/aromatic N) is 1. The van der Waals surface area contributed by atoms with Gasteiger partial charge < -0.3 is 20.6 Å². The second kappa shape index (κ2) is 5.94. The molecule has 16 heavy (non-hydrogen) atoms. The van der Waals surface area contributed by atoms with Crippen molar-refractivity contribution in [1.29, 1.82) is 5.26 Å². The van der Waals surface area contributed by atoms with Crippen molar-refractivity contribution in [2.24, 2.45) is 0 Å². The highest BCUT2D eigenvalue weighted by Crippen LogP contribution is 2.14. The summed E-state index contributed by atoms with van der Waals surface area (Å²) in [5.41, 5.74) is -0.485. The average Bonchev–Trinajstić information content (AvgIpc) is 2.80. The molecule has 0 spiro atoms. The number of nitriles is 1. The van der Waals surface area contributed by atoms with Gasteiger partial charge in [0.1, 0.15) is 6.07 Å². The van der Waals surface area contributed by atoms with Gasteiger partial charge in [-0.15, -0.1) is 11.3 Å². The van der Waals surface area contributed by atoms with Gasteiger partial charge in [0.15, 0.2) is 0 Å². The zero-order valence-electron chi connectivity index (χ0n) is 8.68. The standard InChI is InChI=1S/C10H14N2O3S/c11-2-8-1-9(16-4-8)3-12-10(5-13,6-14)7-15/h1,4,12-15H,3,5-7H2. The van der Waals surface area contributed by atoms with Crippen LogP contribution in [0.4, 0.5) is 0 Å². The molecule has 4 N–H and O–H groups in total. The molecule has 0 amide bonds. The molecule has 1 rings (SSSR count). The number of aliphatic hydroxyl groups excluding tert-OH is 3. The number of thiophene rings is 1. The maximum absolute atomic E-state index is 9.07. The molecular formula is C10H14N2O3S. The lowest BCUT2D eigenvalue weighted by molar-refractivity contribution is 0.0415. The minimum absolute atomic E-state index is 0.351. The summed E-state index contributed by atoms with van der Waals surface area (Å²) >= 11 is 1.42. The Hall–Kier alpha value is -0.970. The van der Waals surface area contributed by atoms with Gasteiger partial charge in [-0.25, -0.2) is 0 Å². The van der Waals surface area contributed by atoms with Crippen molar-refractivity contribution < 1.29 is 15.3 Å². The summed E-state index contributed by atoms with van der Waals surface area (Å²) in [6.45, 7) is -0.655. The Morgan fingerprint density at radius 2 is 1.94 bits per heavy atom. The lowest BCUT2D eigenvalue weighted by Gasteiger charge is -2.28. The molecule has 0 bridgehead atoms. The fourth-order valence-corrected chi connectivity index (χ4v) is 1.87. The van der Waals surface area contributed by atoms with Crippen molar-refractivity contribution in [3.8, 4) is 6.07 Å². The zero-order chi connectivity index (χ0) is 12.0. The monoisotopic (exact) mass is 242 g/mol. The van der Waals surface area contributed by atoms with E-state index < -0.39 is 5.54 Å². The van der Waals surface area contributed by atoms with Gasteiger partial charge in [-0.1, -0.05) is 0 Å². The van der Waals surface area contributed by atoms with E-state index in [1.807, 2.05) is 6.07 Å². The molecule has 0 unspecified atom stereocenters. The van der Waals surface area contributed by atoms with E-state index in [1.165, 1.54) is 11.3 Å². The molecule has 0 radical (unpaired) electrons. The summed E-state index contributed by atoms with van der Waals surface area (Å²) in [6, 6.07) is 3.75. The van der Waals surface area contributed by atoms with Crippen LogP contribution in [0.1, 0.15) is 10.4 Å². The average molecular weight is 242 g/mol. The van der Waals surface area contributed by atoms with Gasteiger partial charge in [0.25, 0.3) is 0 Å². The number of hydrogen-bond acceptors (Lipinski definition) is 6. The van der Waals surface area contributed by atoms with E-state index in [2.05, 4.69) is 5.32 Å². The maximum Gasteiger partial charge on any atom is 0.100 e. The summed E-state index contributed by atoms with van der Waals surface area (Å²) < 4.78 is 0.